The Labute approximate surface area is 171 Å². The second-order valence-corrected chi connectivity index (χ2v) is 8.71. The van der Waals surface area contributed by atoms with E-state index in [4.69, 9.17) is 16.6 Å². The van der Waals surface area contributed by atoms with E-state index in [1.54, 1.807) is 0 Å². The van der Waals surface area contributed by atoms with Crippen molar-refractivity contribution in [1.29, 1.82) is 0 Å². The summed E-state index contributed by atoms with van der Waals surface area (Å²) in [5.74, 6) is 0. The Balaban J connectivity index is 1.79. The number of pyridine rings is 1. The minimum Gasteiger partial charge on any atom is -0.316 e. The second kappa shape index (κ2) is 6.75. The van der Waals surface area contributed by atoms with Gasteiger partial charge in [-0.25, -0.2) is 0 Å². The molecule has 4 heteroatoms. The van der Waals surface area contributed by atoms with Crippen LogP contribution in [0.5, 0.6) is 0 Å². The van der Waals surface area contributed by atoms with E-state index in [1.807, 2.05) is 6.07 Å². The fourth-order valence-corrected chi connectivity index (χ4v) is 5.17. The molecule has 0 saturated carbocycles. The van der Waals surface area contributed by atoms with Gasteiger partial charge in [0.25, 0.3) is 0 Å². The SMILES string of the molecule is C/C(=C1/CCCc2nc(C)ccc21)n1c2c(c3cc(Cl)ccc31)CCN(C)C2. The Hall–Kier alpha value is -2.10. The average molecular weight is 392 g/mol. The predicted octanol–water partition coefficient (Wildman–Crippen LogP) is 5.71. The Bertz CT molecular complexity index is 1120. The molecule has 2 aliphatic rings. The quantitative estimate of drug-likeness (QED) is 0.529. The van der Waals surface area contributed by atoms with Gasteiger partial charge in [0, 0.05) is 51.8 Å². The van der Waals surface area contributed by atoms with Crippen molar-refractivity contribution in [2.24, 2.45) is 0 Å². The summed E-state index contributed by atoms with van der Waals surface area (Å²) < 4.78 is 2.50. The molecule has 0 amide bonds. The number of aryl methyl sites for hydroxylation is 2. The van der Waals surface area contributed by atoms with Crippen LogP contribution in [-0.4, -0.2) is 28.0 Å². The van der Waals surface area contributed by atoms with Gasteiger partial charge in [0.1, 0.15) is 0 Å². The van der Waals surface area contributed by atoms with Gasteiger partial charge in [-0.3, -0.25) is 4.98 Å². The molecule has 1 aliphatic heterocycles. The van der Waals surface area contributed by atoms with E-state index in [9.17, 15) is 0 Å². The maximum Gasteiger partial charge on any atom is 0.0532 e. The van der Waals surface area contributed by atoms with E-state index in [2.05, 4.69) is 54.6 Å². The van der Waals surface area contributed by atoms with Gasteiger partial charge in [-0.15, -0.1) is 0 Å². The summed E-state index contributed by atoms with van der Waals surface area (Å²) in [5, 5.41) is 2.13. The van der Waals surface area contributed by atoms with E-state index in [0.29, 0.717) is 0 Å². The lowest BCUT2D eigenvalue weighted by molar-refractivity contribution is 0.307. The summed E-state index contributed by atoms with van der Waals surface area (Å²) in [6.45, 7) is 6.44. The molecule has 28 heavy (non-hydrogen) atoms. The molecule has 5 rings (SSSR count). The molecule has 3 aromatic rings. The zero-order valence-electron chi connectivity index (χ0n) is 16.8. The van der Waals surface area contributed by atoms with Crippen LogP contribution >= 0.6 is 11.6 Å². The highest BCUT2D eigenvalue weighted by Crippen LogP contribution is 2.39. The first kappa shape index (κ1) is 18.0. The lowest BCUT2D eigenvalue weighted by Crippen LogP contribution is -2.27. The number of hydrogen-bond donors (Lipinski definition) is 0. The first-order valence-corrected chi connectivity index (χ1v) is 10.6. The van der Waals surface area contributed by atoms with Gasteiger partial charge >= 0.3 is 0 Å². The van der Waals surface area contributed by atoms with Crippen LogP contribution in [0.1, 0.15) is 48.0 Å². The molecule has 0 spiro atoms. The van der Waals surface area contributed by atoms with Gasteiger partial charge in [0.05, 0.1) is 5.52 Å². The molecule has 0 bridgehead atoms. The van der Waals surface area contributed by atoms with Gasteiger partial charge in [-0.1, -0.05) is 17.7 Å². The maximum atomic E-state index is 6.37. The van der Waals surface area contributed by atoms with E-state index >= 15 is 0 Å². The molecule has 0 atom stereocenters. The first-order chi connectivity index (χ1) is 13.5. The molecule has 1 aliphatic carbocycles. The lowest BCUT2D eigenvalue weighted by atomic mass is 9.89. The zero-order chi connectivity index (χ0) is 19.4. The standard InChI is InChI=1S/C24H26ClN3/c1-15-7-9-19-18(5-4-6-22(19)26-15)16(2)28-23-10-8-17(25)13-21(23)20-11-12-27(3)14-24(20)28/h7-10,13H,4-6,11-12,14H2,1-3H3/b18-16+. The molecule has 144 valence electrons. The third-order valence-electron chi connectivity index (χ3n) is 6.36. The molecule has 0 saturated heterocycles. The number of fused-ring (bicyclic) bond motifs is 4. The van der Waals surface area contributed by atoms with Crippen LogP contribution in [0, 0.1) is 6.92 Å². The van der Waals surface area contributed by atoms with E-state index in [0.717, 1.165) is 43.1 Å². The molecule has 3 heterocycles. The van der Waals surface area contributed by atoms with Crippen molar-refractivity contribution >= 4 is 33.8 Å². The summed E-state index contributed by atoms with van der Waals surface area (Å²) in [7, 11) is 2.21. The van der Waals surface area contributed by atoms with Crippen LogP contribution in [0.2, 0.25) is 5.02 Å². The van der Waals surface area contributed by atoms with E-state index < -0.39 is 0 Å². The third-order valence-corrected chi connectivity index (χ3v) is 6.59. The highest BCUT2D eigenvalue weighted by Gasteiger charge is 2.25. The minimum absolute atomic E-state index is 0.819. The summed E-state index contributed by atoms with van der Waals surface area (Å²) in [5.41, 5.74) is 10.7. The Morgan fingerprint density at radius 1 is 1.11 bits per heavy atom. The van der Waals surface area contributed by atoms with Crippen LogP contribution in [0.3, 0.4) is 0 Å². The third kappa shape index (κ3) is 2.80. The molecular weight excluding hydrogens is 366 g/mol. The van der Waals surface area contributed by atoms with Gasteiger partial charge in [-0.2, -0.15) is 0 Å². The van der Waals surface area contributed by atoms with Crippen molar-refractivity contribution in [1.82, 2.24) is 14.5 Å². The van der Waals surface area contributed by atoms with Crippen molar-refractivity contribution in [2.45, 2.75) is 46.1 Å². The van der Waals surface area contributed by atoms with E-state index in [-0.39, 0.29) is 0 Å². The van der Waals surface area contributed by atoms with Crippen molar-refractivity contribution in [3.8, 4) is 0 Å². The number of halogens is 1. The van der Waals surface area contributed by atoms with Crippen molar-refractivity contribution < 1.29 is 0 Å². The fourth-order valence-electron chi connectivity index (χ4n) is 5.00. The minimum atomic E-state index is 0.819. The topological polar surface area (TPSA) is 21.1 Å². The monoisotopic (exact) mass is 391 g/mol. The smallest absolute Gasteiger partial charge is 0.0532 e. The Morgan fingerprint density at radius 3 is 2.82 bits per heavy atom. The molecule has 1 aromatic carbocycles. The molecule has 2 aromatic heterocycles. The lowest BCUT2D eigenvalue weighted by Gasteiger charge is -2.27. The van der Waals surface area contributed by atoms with Gasteiger partial charge < -0.3 is 9.47 Å². The van der Waals surface area contributed by atoms with Gasteiger partial charge in [0.2, 0.25) is 0 Å². The van der Waals surface area contributed by atoms with Crippen LogP contribution in [0.15, 0.2) is 30.3 Å². The summed E-state index contributed by atoms with van der Waals surface area (Å²) in [6.07, 6.45) is 4.44. The maximum absolute atomic E-state index is 6.37. The molecule has 0 unspecified atom stereocenters. The number of benzene rings is 1. The fraction of sp³-hybridized carbons (Fsp3) is 0.375. The summed E-state index contributed by atoms with van der Waals surface area (Å²) >= 11 is 6.37. The molecule has 0 fully saturated rings. The van der Waals surface area contributed by atoms with Crippen LogP contribution in [0.25, 0.3) is 22.2 Å². The number of rotatable bonds is 1. The zero-order valence-corrected chi connectivity index (χ0v) is 17.6. The highest BCUT2D eigenvalue weighted by molar-refractivity contribution is 6.31. The van der Waals surface area contributed by atoms with Gasteiger partial charge in [-0.05, 0) is 82.0 Å². The Morgan fingerprint density at radius 2 is 1.96 bits per heavy atom. The normalized spacial score (nSPS) is 18.9. The van der Waals surface area contributed by atoms with Crippen molar-refractivity contribution in [2.75, 3.05) is 13.6 Å². The van der Waals surface area contributed by atoms with Crippen molar-refractivity contribution in [3.63, 3.8) is 0 Å². The first-order valence-electron chi connectivity index (χ1n) is 10.2. The highest BCUT2D eigenvalue weighted by atomic mass is 35.5. The van der Waals surface area contributed by atoms with Crippen LogP contribution in [-0.2, 0) is 19.4 Å². The summed E-state index contributed by atoms with van der Waals surface area (Å²) in [4.78, 5) is 7.25. The number of likely N-dealkylation sites (N-methyl/N-ethyl adjacent to an activating group) is 1. The second-order valence-electron chi connectivity index (χ2n) is 8.27. The Kier molecular flexibility index (Phi) is 4.33. The summed E-state index contributed by atoms with van der Waals surface area (Å²) in [6, 6.07) is 10.8. The number of hydrogen-bond acceptors (Lipinski definition) is 2. The number of nitrogens with zero attached hydrogens (tertiary/aromatic N) is 3. The van der Waals surface area contributed by atoms with Gasteiger partial charge in [0.15, 0.2) is 0 Å². The van der Waals surface area contributed by atoms with Crippen molar-refractivity contribution in [3.05, 3.63) is 63.6 Å². The number of aromatic nitrogens is 2. The molecule has 0 radical (unpaired) electrons. The van der Waals surface area contributed by atoms with Crippen LogP contribution in [0.4, 0.5) is 0 Å². The largest absolute Gasteiger partial charge is 0.316 e. The molecule has 0 N–H and O–H groups in total. The average Bonchev–Trinajstić information content (AvgIpc) is 2.99. The number of allylic oxidation sites excluding steroid dienone is 2. The molecule has 3 nitrogen and oxygen atoms in total. The van der Waals surface area contributed by atoms with E-state index in [1.165, 1.54) is 51.1 Å². The van der Waals surface area contributed by atoms with Crippen LogP contribution < -0.4 is 0 Å². The molecular formula is C24H26ClN3. The predicted molar refractivity (Wildman–Crippen MR) is 118 cm³/mol.